The van der Waals surface area contributed by atoms with Crippen molar-refractivity contribution in [3.8, 4) is 0 Å². The molecule has 0 aliphatic carbocycles. The first-order chi connectivity index (χ1) is 15.3. The predicted molar refractivity (Wildman–Crippen MR) is 125 cm³/mol. The van der Waals surface area contributed by atoms with Gasteiger partial charge in [0, 0.05) is 49.2 Å². The Labute approximate surface area is 186 Å². The van der Waals surface area contributed by atoms with Crippen molar-refractivity contribution in [2.45, 2.75) is 10.9 Å². The van der Waals surface area contributed by atoms with Gasteiger partial charge in [-0.2, -0.15) is 0 Å². The average Bonchev–Trinajstić information content (AvgIpc) is 2.85. The Morgan fingerprint density at radius 1 is 0.968 bits per heavy atom. The summed E-state index contributed by atoms with van der Waals surface area (Å²) in [7, 11) is 0. The molecular formula is C24H25N5OS. The van der Waals surface area contributed by atoms with Gasteiger partial charge in [0.05, 0.1) is 24.5 Å². The van der Waals surface area contributed by atoms with Gasteiger partial charge in [0.15, 0.2) is 0 Å². The smallest absolute Gasteiger partial charge is 0.241 e. The number of nitrogens with zero attached hydrogens (tertiary/aromatic N) is 5. The molecule has 7 heteroatoms. The van der Waals surface area contributed by atoms with Crippen molar-refractivity contribution in [2.75, 3.05) is 48.3 Å². The molecule has 1 saturated heterocycles. The van der Waals surface area contributed by atoms with Gasteiger partial charge in [-0.25, -0.2) is 4.98 Å². The van der Waals surface area contributed by atoms with Crippen LogP contribution in [0.15, 0.2) is 78.1 Å². The molecule has 0 unspecified atom stereocenters. The molecule has 0 saturated carbocycles. The fraction of sp³-hybridized carbons (Fsp3) is 0.292. The summed E-state index contributed by atoms with van der Waals surface area (Å²) in [5.74, 6) is 1.93. The molecule has 0 N–H and O–H groups in total. The summed E-state index contributed by atoms with van der Waals surface area (Å²) in [6, 6.07) is 18.7. The van der Waals surface area contributed by atoms with E-state index in [-0.39, 0.29) is 11.9 Å². The first kappa shape index (κ1) is 20.0. The highest BCUT2D eigenvalue weighted by Crippen LogP contribution is 2.43. The van der Waals surface area contributed by atoms with E-state index >= 15 is 0 Å². The molecule has 2 aromatic carbocycles. The number of anilines is 2. The zero-order valence-corrected chi connectivity index (χ0v) is 18.1. The molecule has 3 heterocycles. The number of piperazine rings is 1. The second-order valence-electron chi connectivity index (χ2n) is 7.80. The molecule has 2 aliphatic rings. The van der Waals surface area contributed by atoms with Gasteiger partial charge < -0.3 is 9.80 Å². The molecule has 0 bridgehead atoms. The van der Waals surface area contributed by atoms with E-state index in [4.69, 9.17) is 0 Å². The fourth-order valence-electron chi connectivity index (χ4n) is 4.28. The first-order valence-corrected chi connectivity index (χ1v) is 11.6. The largest absolute Gasteiger partial charge is 0.353 e. The third kappa shape index (κ3) is 4.29. The van der Waals surface area contributed by atoms with Crippen LogP contribution in [0.5, 0.6) is 0 Å². The molecule has 3 aromatic rings. The molecule has 158 valence electrons. The molecule has 1 amide bonds. The molecule has 6 nitrogen and oxygen atoms in total. The highest BCUT2D eigenvalue weighted by Gasteiger charge is 2.33. The van der Waals surface area contributed by atoms with E-state index in [1.807, 2.05) is 34.9 Å². The van der Waals surface area contributed by atoms with Crippen LogP contribution in [0.3, 0.4) is 0 Å². The number of fused-ring (bicyclic) bond motifs is 1. The van der Waals surface area contributed by atoms with Crippen molar-refractivity contribution >= 4 is 29.2 Å². The van der Waals surface area contributed by atoms with Gasteiger partial charge in [-0.3, -0.25) is 14.7 Å². The van der Waals surface area contributed by atoms with Crippen LogP contribution in [0.25, 0.3) is 0 Å². The van der Waals surface area contributed by atoms with Crippen LogP contribution < -0.4 is 9.80 Å². The van der Waals surface area contributed by atoms with Gasteiger partial charge in [-0.1, -0.05) is 42.5 Å². The fourth-order valence-corrected chi connectivity index (χ4v) is 5.44. The third-order valence-electron chi connectivity index (χ3n) is 5.89. The van der Waals surface area contributed by atoms with Crippen molar-refractivity contribution in [3.05, 3.63) is 78.8 Å². The van der Waals surface area contributed by atoms with Gasteiger partial charge in [0.2, 0.25) is 5.91 Å². The van der Waals surface area contributed by atoms with E-state index in [9.17, 15) is 4.79 Å². The zero-order valence-electron chi connectivity index (χ0n) is 17.3. The average molecular weight is 432 g/mol. The number of rotatable bonds is 4. The Kier molecular flexibility index (Phi) is 5.86. The van der Waals surface area contributed by atoms with E-state index in [2.05, 4.69) is 56.2 Å². The van der Waals surface area contributed by atoms with Crippen molar-refractivity contribution < 1.29 is 4.79 Å². The minimum Gasteiger partial charge on any atom is -0.353 e. The maximum absolute atomic E-state index is 13.6. The molecule has 31 heavy (non-hydrogen) atoms. The lowest BCUT2D eigenvalue weighted by molar-refractivity contribution is -0.120. The van der Waals surface area contributed by atoms with E-state index in [1.165, 1.54) is 10.5 Å². The summed E-state index contributed by atoms with van der Waals surface area (Å²) >= 11 is 1.83. The minimum absolute atomic E-state index is 0.0504. The van der Waals surface area contributed by atoms with E-state index in [0.717, 1.165) is 43.4 Å². The highest BCUT2D eigenvalue weighted by molar-refractivity contribution is 7.99. The molecule has 0 spiro atoms. The number of hydrogen-bond donors (Lipinski definition) is 0. The summed E-state index contributed by atoms with van der Waals surface area (Å²) in [4.78, 5) is 29.8. The summed E-state index contributed by atoms with van der Waals surface area (Å²) in [6.07, 6.45) is 5.21. The summed E-state index contributed by atoms with van der Waals surface area (Å²) in [5.41, 5.74) is 2.21. The molecule has 1 fully saturated rings. The van der Waals surface area contributed by atoms with Crippen molar-refractivity contribution in [3.63, 3.8) is 0 Å². The molecule has 1 aromatic heterocycles. The Hall–Kier alpha value is -2.90. The van der Waals surface area contributed by atoms with E-state index in [0.29, 0.717) is 6.54 Å². The van der Waals surface area contributed by atoms with E-state index < -0.39 is 0 Å². The molecule has 2 aliphatic heterocycles. The lowest BCUT2D eigenvalue weighted by atomic mass is 10.1. The van der Waals surface area contributed by atoms with Gasteiger partial charge in [-0.15, -0.1) is 11.8 Å². The third-order valence-corrected chi connectivity index (χ3v) is 7.03. The number of benzene rings is 2. The summed E-state index contributed by atoms with van der Waals surface area (Å²) in [5, 5.41) is 0. The maximum Gasteiger partial charge on any atom is 0.241 e. The lowest BCUT2D eigenvalue weighted by Crippen LogP contribution is -2.51. The van der Waals surface area contributed by atoms with Gasteiger partial charge >= 0.3 is 0 Å². The number of para-hydroxylation sites is 1. The van der Waals surface area contributed by atoms with Gasteiger partial charge in [-0.05, 0) is 17.7 Å². The Balaban J connectivity index is 1.32. The predicted octanol–water partition coefficient (Wildman–Crippen LogP) is 3.48. The minimum atomic E-state index is 0.0504. The first-order valence-electron chi connectivity index (χ1n) is 10.6. The standard InChI is InChI=1S/C24H25N5OS/c30-24(17-27-12-14-28(15-13-27)23-16-25-10-11-26-23)29-20-8-4-5-9-22(20)31-18-21(29)19-6-2-1-3-7-19/h1-11,16,21H,12-15,17-18H2/t21-/m1/s1. The van der Waals surface area contributed by atoms with Crippen LogP contribution in [-0.4, -0.2) is 59.3 Å². The molecule has 1 atom stereocenters. The van der Waals surface area contributed by atoms with E-state index in [1.54, 1.807) is 18.6 Å². The topological polar surface area (TPSA) is 52.6 Å². The SMILES string of the molecule is O=C(CN1CCN(c2cnccn2)CC1)N1c2ccccc2SC[C@@H]1c1ccccc1. The van der Waals surface area contributed by atoms with Gasteiger partial charge in [0.25, 0.3) is 0 Å². The Bertz CT molecular complexity index is 1020. The monoisotopic (exact) mass is 431 g/mol. The van der Waals surface area contributed by atoms with Crippen LogP contribution in [0.1, 0.15) is 11.6 Å². The molecular weight excluding hydrogens is 406 g/mol. The van der Waals surface area contributed by atoms with Crippen molar-refractivity contribution in [1.82, 2.24) is 14.9 Å². The van der Waals surface area contributed by atoms with Crippen LogP contribution in [0.4, 0.5) is 11.5 Å². The number of carbonyl (C=O) groups excluding carboxylic acids is 1. The van der Waals surface area contributed by atoms with Crippen LogP contribution in [-0.2, 0) is 4.79 Å². The zero-order chi connectivity index (χ0) is 21.0. The number of amides is 1. The highest BCUT2D eigenvalue weighted by atomic mass is 32.2. The quantitative estimate of drug-likeness (QED) is 0.631. The van der Waals surface area contributed by atoms with Crippen LogP contribution in [0, 0.1) is 0 Å². The number of hydrogen-bond acceptors (Lipinski definition) is 6. The maximum atomic E-state index is 13.6. The Morgan fingerprint density at radius 2 is 1.74 bits per heavy atom. The molecule has 5 rings (SSSR count). The Morgan fingerprint density at radius 3 is 2.52 bits per heavy atom. The molecule has 0 radical (unpaired) electrons. The summed E-state index contributed by atoms with van der Waals surface area (Å²) in [6.45, 7) is 3.79. The lowest BCUT2D eigenvalue weighted by Gasteiger charge is -2.40. The van der Waals surface area contributed by atoms with Crippen LogP contribution in [0.2, 0.25) is 0 Å². The van der Waals surface area contributed by atoms with Crippen molar-refractivity contribution in [2.24, 2.45) is 0 Å². The second kappa shape index (κ2) is 9.08. The van der Waals surface area contributed by atoms with Gasteiger partial charge in [0.1, 0.15) is 5.82 Å². The second-order valence-corrected chi connectivity index (χ2v) is 8.86. The normalized spacial score (nSPS) is 19.2. The van der Waals surface area contributed by atoms with Crippen LogP contribution >= 0.6 is 11.8 Å². The number of thioether (sulfide) groups is 1. The number of aromatic nitrogens is 2. The summed E-state index contributed by atoms with van der Waals surface area (Å²) < 4.78 is 0. The van der Waals surface area contributed by atoms with Crippen molar-refractivity contribution in [1.29, 1.82) is 0 Å². The number of carbonyl (C=O) groups is 1.